The summed E-state index contributed by atoms with van der Waals surface area (Å²) < 4.78 is 0. The van der Waals surface area contributed by atoms with Crippen LogP contribution in [-0.2, 0) is 5.41 Å². The van der Waals surface area contributed by atoms with Crippen molar-refractivity contribution in [1.29, 1.82) is 0 Å². The molecule has 0 unspecified atom stereocenters. The van der Waals surface area contributed by atoms with Gasteiger partial charge in [0, 0.05) is 29.1 Å². The zero-order chi connectivity index (χ0) is 34.5. The summed E-state index contributed by atoms with van der Waals surface area (Å²) in [6, 6.07) is 49.7. The number of nitrogens with zero attached hydrogens (tertiary/aromatic N) is 4. The predicted molar refractivity (Wildman–Crippen MR) is 210 cm³/mol. The number of pyridine rings is 1. The molecule has 0 N–H and O–H groups in total. The minimum atomic E-state index is 0.378. The molecule has 0 aliphatic heterocycles. The summed E-state index contributed by atoms with van der Waals surface area (Å²) in [5.41, 5.74) is 11.7. The smallest absolute Gasteiger partial charge is 0.164 e. The van der Waals surface area contributed by atoms with E-state index in [1.807, 2.05) is 54.9 Å². The van der Waals surface area contributed by atoms with Crippen molar-refractivity contribution in [3.63, 3.8) is 0 Å². The predicted octanol–water partition coefficient (Wildman–Crippen LogP) is 11.7. The van der Waals surface area contributed by atoms with Gasteiger partial charge in [0.1, 0.15) is 0 Å². The quantitative estimate of drug-likeness (QED) is 0.169. The molecule has 0 spiro atoms. The fraction of sp³-hybridized carbons (Fsp3) is 0.208. The average Bonchev–Trinajstić information content (AvgIpc) is 3.21. The number of hydrogen-bond acceptors (Lipinski definition) is 4. The highest BCUT2D eigenvalue weighted by atomic mass is 15.0. The summed E-state index contributed by atoms with van der Waals surface area (Å²) in [4.78, 5) is 19.5. The van der Waals surface area contributed by atoms with Crippen molar-refractivity contribution in [1.82, 2.24) is 19.9 Å². The first-order valence-electron chi connectivity index (χ1n) is 18.8. The van der Waals surface area contributed by atoms with Crippen LogP contribution in [0.3, 0.4) is 0 Å². The van der Waals surface area contributed by atoms with E-state index in [0.29, 0.717) is 22.9 Å². The summed E-state index contributed by atoms with van der Waals surface area (Å²) >= 11 is 0. The van der Waals surface area contributed by atoms with Crippen LogP contribution in [0.2, 0.25) is 0 Å². The van der Waals surface area contributed by atoms with Crippen molar-refractivity contribution in [2.24, 2.45) is 17.8 Å². The third-order valence-electron chi connectivity index (χ3n) is 12.0. The molecular formula is C48H40N4. The van der Waals surface area contributed by atoms with Crippen molar-refractivity contribution in [2.45, 2.75) is 43.9 Å². The van der Waals surface area contributed by atoms with Gasteiger partial charge in [0.25, 0.3) is 0 Å². The molecule has 4 bridgehead atoms. The van der Waals surface area contributed by atoms with E-state index < -0.39 is 0 Å². The monoisotopic (exact) mass is 672 g/mol. The van der Waals surface area contributed by atoms with Crippen molar-refractivity contribution in [2.75, 3.05) is 0 Å². The second-order valence-electron chi connectivity index (χ2n) is 15.4. The van der Waals surface area contributed by atoms with Crippen LogP contribution in [0.15, 0.2) is 152 Å². The Balaban J connectivity index is 1.09. The Morgan fingerprint density at radius 3 is 1.29 bits per heavy atom. The zero-order valence-electron chi connectivity index (χ0n) is 29.2. The van der Waals surface area contributed by atoms with Gasteiger partial charge >= 0.3 is 0 Å². The lowest BCUT2D eigenvalue weighted by atomic mass is 9.48. The second-order valence-corrected chi connectivity index (χ2v) is 15.4. The van der Waals surface area contributed by atoms with Gasteiger partial charge in [-0.3, -0.25) is 4.98 Å². The number of hydrogen-bond donors (Lipinski definition) is 0. The molecule has 11 rings (SSSR count). The molecule has 5 aromatic carbocycles. The summed E-state index contributed by atoms with van der Waals surface area (Å²) in [5.74, 6) is 4.77. The molecule has 4 nitrogen and oxygen atoms in total. The van der Waals surface area contributed by atoms with Gasteiger partial charge in [-0.1, -0.05) is 115 Å². The number of aromatic nitrogens is 4. The highest BCUT2D eigenvalue weighted by Crippen LogP contribution is 2.60. The molecular weight excluding hydrogens is 633 g/mol. The molecule has 252 valence electrons. The third-order valence-corrected chi connectivity index (χ3v) is 12.0. The van der Waals surface area contributed by atoms with Crippen LogP contribution in [0.5, 0.6) is 0 Å². The normalized spacial score (nSPS) is 21.7. The molecule has 4 heteroatoms. The first-order valence-corrected chi connectivity index (χ1v) is 18.8. The minimum absolute atomic E-state index is 0.378. The van der Waals surface area contributed by atoms with Crippen LogP contribution < -0.4 is 0 Å². The van der Waals surface area contributed by atoms with E-state index >= 15 is 0 Å². The van der Waals surface area contributed by atoms with Crippen LogP contribution >= 0.6 is 0 Å². The molecule has 2 aromatic heterocycles. The Morgan fingerprint density at radius 1 is 0.385 bits per heavy atom. The van der Waals surface area contributed by atoms with E-state index in [1.165, 1.54) is 44.1 Å². The van der Waals surface area contributed by atoms with E-state index in [-0.39, 0.29) is 0 Å². The summed E-state index contributed by atoms with van der Waals surface area (Å²) in [5, 5.41) is 0. The molecule has 2 heterocycles. The van der Waals surface area contributed by atoms with E-state index in [4.69, 9.17) is 15.0 Å². The highest BCUT2D eigenvalue weighted by Gasteiger charge is 2.51. The number of benzene rings is 5. The molecule has 0 radical (unpaired) electrons. The van der Waals surface area contributed by atoms with Gasteiger partial charge in [-0.2, -0.15) is 0 Å². The van der Waals surface area contributed by atoms with Crippen LogP contribution in [0.25, 0.3) is 67.5 Å². The second kappa shape index (κ2) is 12.8. The minimum Gasteiger partial charge on any atom is -0.264 e. The molecule has 7 aromatic rings. The van der Waals surface area contributed by atoms with E-state index in [0.717, 1.165) is 62.3 Å². The molecule has 4 saturated carbocycles. The lowest BCUT2D eigenvalue weighted by Crippen LogP contribution is -2.48. The van der Waals surface area contributed by atoms with Gasteiger partial charge in [-0.25, -0.2) is 15.0 Å². The maximum atomic E-state index is 5.11. The van der Waals surface area contributed by atoms with Crippen molar-refractivity contribution < 1.29 is 0 Å². The van der Waals surface area contributed by atoms with E-state index in [2.05, 4.69) is 102 Å². The van der Waals surface area contributed by atoms with Gasteiger partial charge in [0.15, 0.2) is 17.5 Å². The van der Waals surface area contributed by atoms with Crippen LogP contribution in [-0.4, -0.2) is 19.9 Å². The first-order chi connectivity index (χ1) is 25.6. The largest absolute Gasteiger partial charge is 0.264 e. The Labute approximate surface area is 305 Å². The number of rotatable bonds is 7. The van der Waals surface area contributed by atoms with Crippen molar-refractivity contribution >= 4 is 0 Å². The first kappa shape index (κ1) is 31.0. The molecule has 4 aliphatic rings. The third kappa shape index (κ3) is 5.82. The summed E-state index contributed by atoms with van der Waals surface area (Å²) in [6.45, 7) is 0. The fourth-order valence-corrected chi connectivity index (χ4v) is 9.90. The van der Waals surface area contributed by atoms with Gasteiger partial charge in [0.05, 0.1) is 0 Å². The molecule has 0 atom stereocenters. The average molecular weight is 673 g/mol. The van der Waals surface area contributed by atoms with Gasteiger partial charge in [-0.05, 0) is 125 Å². The lowest BCUT2D eigenvalue weighted by molar-refractivity contribution is -0.00518. The SMILES string of the molecule is c1ccc(-c2nc(-c3ccccc3)nc(-c3cc(-c4ccc(-c5cccnc5)cc4)cc(-c4ccc(C56CC7CC(CC(C7)C5)C6)cc4)c3)n2)cc1. The highest BCUT2D eigenvalue weighted by molar-refractivity contribution is 5.81. The standard InChI is InChI=1S/C48H40N4/c1-3-8-38(9-4-1)45-50-46(39-10-5-2-6-11-39)52-47(51-45)43-26-41(36-15-13-35(14-16-36)40-12-7-21-49-31-40)25-42(27-43)37-17-19-44(20-18-37)48-28-32-22-33(29-48)24-34(23-32)30-48/h1-21,25-27,31-34H,22-24,28-30H2. The lowest BCUT2D eigenvalue weighted by Gasteiger charge is -2.57. The van der Waals surface area contributed by atoms with Gasteiger partial charge in [-0.15, -0.1) is 0 Å². The molecule has 0 saturated heterocycles. The summed E-state index contributed by atoms with van der Waals surface area (Å²) in [7, 11) is 0. The Morgan fingerprint density at radius 2 is 0.808 bits per heavy atom. The van der Waals surface area contributed by atoms with Gasteiger partial charge < -0.3 is 0 Å². The fourth-order valence-electron chi connectivity index (χ4n) is 9.90. The molecule has 4 aliphatic carbocycles. The molecule has 52 heavy (non-hydrogen) atoms. The van der Waals surface area contributed by atoms with Crippen LogP contribution in [0, 0.1) is 17.8 Å². The van der Waals surface area contributed by atoms with Gasteiger partial charge in [0.2, 0.25) is 0 Å². The maximum Gasteiger partial charge on any atom is 0.164 e. The topological polar surface area (TPSA) is 51.6 Å². The summed E-state index contributed by atoms with van der Waals surface area (Å²) in [6.07, 6.45) is 12.2. The Kier molecular flexibility index (Phi) is 7.63. The van der Waals surface area contributed by atoms with E-state index in [9.17, 15) is 0 Å². The van der Waals surface area contributed by atoms with Crippen LogP contribution in [0.4, 0.5) is 0 Å². The zero-order valence-corrected chi connectivity index (χ0v) is 29.2. The Bertz CT molecular complexity index is 2260. The molecule has 4 fully saturated rings. The Hall–Kier alpha value is -5.74. The molecule has 0 amide bonds. The van der Waals surface area contributed by atoms with E-state index in [1.54, 1.807) is 5.56 Å². The van der Waals surface area contributed by atoms with Crippen molar-refractivity contribution in [3.05, 3.63) is 157 Å². The maximum absolute atomic E-state index is 5.11. The van der Waals surface area contributed by atoms with Crippen LogP contribution in [0.1, 0.15) is 44.1 Å². The van der Waals surface area contributed by atoms with Crippen molar-refractivity contribution in [3.8, 4) is 67.5 Å².